The van der Waals surface area contributed by atoms with Crippen molar-refractivity contribution in [3.63, 3.8) is 0 Å². The first kappa shape index (κ1) is 22.0. The maximum atomic E-state index is 11.5. The summed E-state index contributed by atoms with van der Waals surface area (Å²) in [4.78, 5) is 19.9. The van der Waals surface area contributed by atoms with Gasteiger partial charge in [-0.15, -0.1) is 0 Å². The van der Waals surface area contributed by atoms with Crippen molar-refractivity contribution >= 4 is 29.3 Å². The summed E-state index contributed by atoms with van der Waals surface area (Å²) in [6.07, 6.45) is 2.38. The molecule has 2 aromatic rings. The Morgan fingerprint density at radius 3 is 2.62 bits per heavy atom. The van der Waals surface area contributed by atoms with Crippen molar-refractivity contribution in [3.8, 4) is 17.9 Å². The maximum Gasteiger partial charge on any atom is 0.407 e. The highest BCUT2D eigenvalue weighted by molar-refractivity contribution is 6.30. The van der Waals surface area contributed by atoms with Crippen LogP contribution < -0.4 is 10.6 Å². The highest BCUT2D eigenvalue weighted by Gasteiger charge is 2.15. The maximum absolute atomic E-state index is 11.5. The molecule has 0 aliphatic carbocycles. The van der Waals surface area contributed by atoms with Gasteiger partial charge in [-0.25, -0.2) is 9.78 Å². The minimum atomic E-state index is -0.512. The largest absolute Gasteiger partial charge is 0.444 e. The molecule has 0 unspecified atom stereocenters. The quantitative estimate of drug-likeness (QED) is 0.429. The molecule has 0 saturated carbocycles. The molecule has 0 radical (unpaired) electrons. The third-order valence-electron chi connectivity index (χ3n) is 3.38. The van der Waals surface area contributed by atoms with E-state index in [1.165, 1.54) is 0 Å². The normalized spacial score (nSPS) is 10.3. The molecule has 1 heterocycles. The highest BCUT2D eigenvalue weighted by Crippen LogP contribution is 2.17. The summed E-state index contributed by atoms with van der Waals surface area (Å²) >= 11 is 6.18. The lowest BCUT2D eigenvalue weighted by molar-refractivity contribution is 0.0527. The minimum absolute atomic E-state index is 0.246. The van der Waals surface area contributed by atoms with Gasteiger partial charge in [-0.3, -0.25) is 0 Å². The Hall–Kier alpha value is -3.29. The van der Waals surface area contributed by atoms with Gasteiger partial charge in [0, 0.05) is 24.8 Å². The van der Waals surface area contributed by atoms with Crippen molar-refractivity contribution < 1.29 is 9.53 Å². The molecule has 0 saturated heterocycles. The van der Waals surface area contributed by atoms with Gasteiger partial charge >= 0.3 is 6.09 Å². The second-order valence-electron chi connectivity index (χ2n) is 7.05. The zero-order valence-electron chi connectivity index (χ0n) is 16.5. The zero-order chi connectivity index (χ0) is 21.3. The van der Waals surface area contributed by atoms with Gasteiger partial charge in [-0.05, 0) is 51.5 Å². The molecule has 0 aliphatic rings. The van der Waals surface area contributed by atoms with Gasteiger partial charge < -0.3 is 15.4 Å². The minimum Gasteiger partial charge on any atom is -0.444 e. The molecule has 7 nitrogen and oxygen atoms in total. The van der Waals surface area contributed by atoms with E-state index in [0.29, 0.717) is 36.5 Å². The molecule has 2 N–H and O–H groups in total. The number of hydrogen-bond donors (Lipinski definition) is 2. The summed E-state index contributed by atoms with van der Waals surface area (Å²) in [5.74, 6) is 6.26. The second-order valence-corrected chi connectivity index (χ2v) is 7.40. The predicted octanol–water partition coefficient (Wildman–Crippen LogP) is 4.40. The molecule has 1 amide bonds. The highest BCUT2D eigenvalue weighted by atomic mass is 35.5. The van der Waals surface area contributed by atoms with Crippen molar-refractivity contribution in [2.45, 2.75) is 39.2 Å². The van der Waals surface area contributed by atoms with E-state index in [9.17, 15) is 4.79 Å². The Bertz CT molecular complexity index is 950. The molecule has 150 valence electrons. The van der Waals surface area contributed by atoms with Gasteiger partial charge in [0.15, 0.2) is 0 Å². The van der Waals surface area contributed by atoms with Crippen LogP contribution in [0.1, 0.15) is 44.7 Å². The number of nitrogens with zero attached hydrogens (tertiary/aromatic N) is 3. The Morgan fingerprint density at radius 2 is 2.00 bits per heavy atom. The number of ether oxygens (including phenoxy) is 1. The van der Waals surface area contributed by atoms with Crippen LogP contribution in [0.15, 0.2) is 30.5 Å². The van der Waals surface area contributed by atoms with Gasteiger partial charge in [0.2, 0.25) is 5.95 Å². The lowest BCUT2D eigenvalue weighted by Crippen LogP contribution is -2.32. The van der Waals surface area contributed by atoms with E-state index in [4.69, 9.17) is 21.6 Å². The van der Waals surface area contributed by atoms with Gasteiger partial charge in [-0.1, -0.05) is 23.4 Å². The Morgan fingerprint density at radius 1 is 1.28 bits per heavy atom. The number of unbranched alkanes of at least 4 members (excludes halogenated alkanes) is 1. The fourth-order valence-electron chi connectivity index (χ4n) is 2.10. The summed E-state index contributed by atoms with van der Waals surface area (Å²) in [5, 5.41) is 14.8. The average molecular weight is 412 g/mol. The van der Waals surface area contributed by atoms with Crippen molar-refractivity contribution in [2.75, 3.05) is 11.9 Å². The van der Waals surface area contributed by atoms with Crippen LogP contribution in [0.4, 0.5) is 16.4 Å². The molecular weight excluding hydrogens is 390 g/mol. The zero-order valence-corrected chi connectivity index (χ0v) is 17.3. The summed E-state index contributed by atoms with van der Waals surface area (Å²) in [6.45, 7) is 5.92. The number of carbonyl (C=O) groups is 1. The number of nitriles is 1. The van der Waals surface area contributed by atoms with E-state index in [2.05, 4.69) is 38.5 Å². The SMILES string of the molecule is CC(C)(C)OC(=O)NCCCC#Cc1cnc(Nc2ccc(C#N)cc2)nc1Cl. The molecule has 29 heavy (non-hydrogen) atoms. The standard InChI is InChI=1S/C21H22ClN5O2/c1-21(2,3)29-20(28)24-12-6-4-5-7-16-14-25-19(27-18(16)22)26-17-10-8-15(13-23)9-11-17/h8-11,14H,4,6,12H2,1-3H3,(H,24,28)(H,25,26,27). The molecule has 1 aromatic heterocycles. The first-order valence-electron chi connectivity index (χ1n) is 9.02. The van der Waals surface area contributed by atoms with Gasteiger partial charge in [0.1, 0.15) is 10.8 Å². The van der Waals surface area contributed by atoms with Crippen LogP contribution in [0.3, 0.4) is 0 Å². The third kappa shape index (κ3) is 8.08. The van der Waals surface area contributed by atoms with Crippen LogP contribution in [0.5, 0.6) is 0 Å². The van der Waals surface area contributed by atoms with E-state index >= 15 is 0 Å². The fraction of sp³-hybridized carbons (Fsp3) is 0.333. The van der Waals surface area contributed by atoms with Crippen LogP contribution in [-0.2, 0) is 4.74 Å². The van der Waals surface area contributed by atoms with Crippen LogP contribution in [0.25, 0.3) is 0 Å². The molecule has 0 spiro atoms. The Kier molecular flexibility index (Phi) is 7.82. The van der Waals surface area contributed by atoms with Crippen molar-refractivity contribution in [1.29, 1.82) is 5.26 Å². The predicted molar refractivity (Wildman–Crippen MR) is 112 cm³/mol. The summed E-state index contributed by atoms with van der Waals surface area (Å²) < 4.78 is 5.15. The molecule has 0 atom stereocenters. The number of nitrogens with one attached hydrogen (secondary N) is 2. The second kappa shape index (κ2) is 10.3. The van der Waals surface area contributed by atoms with E-state index in [0.717, 1.165) is 5.69 Å². The number of alkyl carbamates (subject to hydrolysis) is 1. The summed E-state index contributed by atoms with van der Waals surface area (Å²) in [6, 6.07) is 8.97. The van der Waals surface area contributed by atoms with Gasteiger partial charge in [0.25, 0.3) is 0 Å². The van der Waals surface area contributed by atoms with E-state index in [1.54, 1.807) is 30.5 Å². The third-order valence-corrected chi connectivity index (χ3v) is 3.67. The first-order chi connectivity index (χ1) is 13.8. The molecule has 1 aromatic carbocycles. The Labute approximate surface area is 175 Å². The fourth-order valence-corrected chi connectivity index (χ4v) is 2.28. The molecule has 2 rings (SSSR count). The van der Waals surface area contributed by atoms with Crippen molar-refractivity contribution in [2.24, 2.45) is 0 Å². The van der Waals surface area contributed by atoms with Gasteiger partial charge in [-0.2, -0.15) is 10.2 Å². The van der Waals surface area contributed by atoms with Crippen molar-refractivity contribution in [1.82, 2.24) is 15.3 Å². The number of hydrogen-bond acceptors (Lipinski definition) is 6. The molecule has 0 aliphatic heterocycles. The van der Waals surface area contributed by atoms with Crippen LogP contribution in [-0.4, -0.2) is 28.2 Å². The van der Waals surface area contributed by atoms with E-state index in [-0.39, 0.29) is 5.15 Å². The number of benzene rings is 1. The lowest BCUT2D eigenvalue weighted by atomic mass is 10.2. The van der Waals surface area contributed by atoms with Crippen molar-refractivity contribution in [3.05, 3.63) is 46.7 Å². The topological polar surface area (TPSA) is 99.9 Å². The average Bonchev–Trinajstić information content (AvgIpc) is 2.65. The molecule has 0 bridgehead atoms. The number of carbonyl (C=O) groups excluding carboxylic acids is 1. The van der Waals surface area contributed by atoms with Gasteiger partial charge in [0.05, 0.1) is 17.2 Å². The summed E-state index contributed by atoms with van der Waals surface area (Å²) in [5.41, 5.74) is 1.33. The summed E-state index contributed by atoms with van der Waals surface area (Å²) in [7, 11) is 0. The van der Waals surface area contributed by atoms with E-state index in [1.807, 2.05) is 20.8 Å². The number of anilines is 2. The number of rotatable bonds is 5. The van der Waals surface area contributed by atoms with Crippen LogP contribution in [0, 0.1) is 23.2 Å². The van der Waals surface area contributed by atoms with Crippen LogP contribution >= 0.6 is 11.6 Å². The molecule has 0 fully saturated rings. The number of aromatic nitrogens is 2. The lowest BCUT2D eigenvalue weighted by Gasteiger charge is -2.19. The Balaban J connectivity index is 1.82. The number of amides is 1. The monoisotopic (exact) mass is 411 g/mol. The first-order valence-corrected chi connectivity index (χ1v) is 9.40. The number of halogens is 1. The smallest absolute Gasteiger partial charge is 0.407 e. The molecule has 8 heteroatoms. The van der Waals surface area contributed by atoms with E-state index < -0.39 is 11.7 Å². The van der Waals surface area contributed by atoms with Crippen LogP contribution in [0.2, 0.25) is 5.15 Å². The molecular formula is C21H22ClN5O2.